The fraction of sp³-hybridized carbons (Fsp3) is 0.0625. The Balaban J connectivity index is 1.84. The third kappa shape index (κ3) is 3.78. The number of rotatable bonds is 4. The van der Waals surface area contributed by atoms with Gasteiger partial charge in [-0.25, -0.2) is 17.5 Å². The zero-order chi connectivity index (χ0) is 19.1. The number of hydrogen-bond acceptors (Lipinski definition) is 4. The quantitative estimate of drug-likeness (QED) is 0.595. The van der Waals surface area contributed by atoms with Gasteiger partial charge in [0.2, 0.25) is 0 Å². The van der Waals surface area contributed by atoms with Crippen molar-refractivity contribution >= 4 is 67.4 Å². The Bertz CT molecular complexity index is 1130. The molecule has 5 nitrogen and oxygen atoms in total. The SMILES string of the molecule is Cc1c[nH]c2c(C=CC(=O)NS(=O)(=O)c3cc(Cl)c(Cl)s3)cc(F)cc12. The van der Waals surface area contributed by atoms with E-state index in [-0.39, 0.29) is 13.6 Å². The van der Waals surface area contributed by atoms with Crippen molar-refractivity contribution < 1.29 is 17.6 Å². The highest BCUT2D eigenvalue weighted by atomic mass is 35.5. The molecule has 1 amide bonds. The third-order valence-electron chi connectivity index (χ3n) is 3.53. The predicted octanol–water partition coefficient (Wildman–Crippen LogP) is 4.50. The van der Waals surface area contributed by atoms with Crippen molar-refractivity contribution in [1.29, 1.82) is 0 Å². The molecule has 10 heteroatoms. The zero-order valence-electron chi connectivity index (χ0n) is 13.1. The molecule has 3 aromatic rings. The molecule has 136 valence electrons. The Morgan fingerprint density at radius 1 is 1.31 bits per heavy atom. The largest absolute Gasteiger partial charge is 0.360 e. The number of aryl methyl sites for hydroxylation is 1. The van der Waals surface area contributed by atoms with E-state index in [9.17, 15) is 17.6 Å². The molecule has 0 aliphatic carbocycles. The van der Waals surface area contributed by atoms with Crippen molar-refractivity contribution in [3.8, 4) is 0 Å². The standard InChI is InChI=1S/C16H11Cl2FN2O3S2/c1-8-7-20-15-9(4-10(19)5-11(8)15)2-3-13(22)21-26(23,24)14-6-12(17)16(18)25-14/h2-7,20H,1H3,(H,21,22). The van der Waals surface area contributed by atoms with E-state index in [1.54, 1.807) is 6.20 Å². The van der Waals surface area contributed by atoms with E-state index < -0.39 is 21.7 Å². The van der Waals surface area contributed by atoms with Crippen LogP contribution in [0.15, 0.2) is 34.7 Å². The van der Waals surface area contributed by atoms with Crippen molar-refractivity contribution in [2.24, 2.45) is 0 Å². The molecule has 2 aromatic heterocycles. The molecule has 3 rings (SSSR count). The fourth-order valence-corrected chi connectivity index (χ4v) is 5.16. The maximum Gasteiger partial charge on any atom is 0.273 e. The second kappa shape index (κ2) is 7.03. The number of benzene rings is 1. The van der Waals surface area contributed by atoms with E-state index in [0.29, 0.717) is 16.5 Å². The van der Waals surface area contributed by atoms with Crippen molar-refractivity contribution in [2.75, 3.05) is 0 Å². The van der Waals surface area contributed by atoms with Crippen LogP contribution in [0.1, 0.15) is 11.1 Å². The van der Waals surface area contributed by atoms with Crippen LogP contribution in [0.4, 0.5) is 4.39 Å². The molecule has 0 unspecified atom stereocenters. The van der Waals surface area contributed by atoms with Crippen LogP contribution in [0.25, 0.3) is 17.0 Å². The topological polar surface area (TPSA) is 79.0 Å². The average molecular weight is 433 g/mol. The van der Waals surface area contributed by atoms with Crippen molar-refractivity contribution in [3.05, 3.63) is 56.8 Å². The molecular formula is C16H11Cl2FN2O3S2. The second-order valence-corrected chi connectivity index (χ2v) is 9.35. The van der Waals surface area contributed by atoms with Gasteiger partial charge < -0.3 is 4.98 Å². The Hall–Kier alpha value is -1.87. The van der Waals surface area contributed by atoms with Gasteiger partial charge in [0, 0.05) is 23.2 Å². The molecule has 0 saturated heterocycles. The molecule has 1 aromatic carbocycles. The van der Waals surface area contributed by atoms with Gasteiger partial charge in [-0.2, -0.15) is 0 Å². The number of aromatic nitrogens is 1. The van der Waals surface area contributed by atoms with Gasteiger partial charge in [0.1, 0.15) is 14.4 Å². The number of amides is 1. The number of H-pyrrole nitrogens is 1. The van der Waals surface area contributed by atoms with Crippen molar-refractivity contribution in [3.63, 3.8) is 0 Å². The highest BCUT2D eigenvalue weighted by molar-refractivity contribution is 7.92. The Labute approximate surface area is 162 Å². The lowest BCUT2D eigenvalue weighted by Crippen LogP contribution is -2.28. The number of carbonyl (C=O) groups excluding carboxylic acids is 1. The minimum absolute atomic E-state index is 0.0873. The van der Waals surface area contributed by atoms with Gasteiger partial charge in [0.15, 0.2) is 0 Å². The van der Waals surface area contributed by atoms with Crippen molar-refractivity contribution in [2.45, 2.75) is 11.1 Å². The monoisotopic (exact) mass is 432 g/mol. The summed E-state index contributed by atoms with van der Waals surface area (Å²) in [6.07, 6.45) is 4.07. The minimum atomic E-state index is -4.10. The number of halogens is 3. The molecule has 0 bridgehead atoms. The van der Waals surface area contributed by atoms with Crippen LogP contribution in [0, 0.1) is 12.7 Å². The van der Waals surface area contributed by atoms with Gasteiger partial charge in [0.05, 0.1) is 10.5 Å². The Morgan fingerprint density at radius 3 is 2.69 bits per heavy atom. The smallest absolute Gasteiger partial charge is 0.273 e. The lowest BCUT2D eigenvalue weighted by atomic mass is 10.1. The van der Waals surface area contributed by atoms with Crippen LogP contribution in [-0.4, -0.2) is 19.3 Å². The molecule has 0 atom stereocenters. The summed E-state index contributed by atoms with van der Waals surface area (Å²) in [5, 5.41) is 0.768. The number of hydrogen-bond donors (Lipinski definition) is 2. The van der Waals surface area contributed by atoms with E-state index in [1.807, 2.05) is 11.6 Å². The molecule has 0 spiro atoms. The van der Waals surface area contributed by atoms with E-state index in [2.05, 4.69) is 4.98 Å². The summed E-state index contributed by atoms with van der Waals surface area (Å²) in [4.78, 5) is 15.0. The number of nitrogens with one attached hydrogen (secondary N) is 2. The van der Waals surface area contributed by atoms with Gasteiger partial charge in [-0.15, -0.1) is 11.3 Å². The number of fused-ring (bicyclic) bond motifs is 1. The maximum absolute atomic E-state index is 13.7. The second-order valence-electron chi connectivity index (χ2n) is 5.38. The van der Waals surface area contributed by atoms with Crippen LogP contribution in [0.5, 0.6) is 0 Å². The molecular weight excluding hydrogens is 422 g/mol. The highest BCUT2D eigenvalue weighted by Crippen LogP contribution is 2.34. The summed E-state index contributed by atoms with van der Waals surface area (Å²) in [5.41, 5.74) is 1.92. The highest BCUT2D eigenvalue weighted by Gasteiger charge is 2.20. The summed E-state index contributed by atoms with van der Waals surface area (Å²) in [7, 11) is -4.10. The summed E-state index contributed by atoms with van der Waals surface area (Å²) in [6.45, 7) is 1.82. The maximum atomic E-state index is 13.7. The Kier molecular flexibility index (Phi) is 5.12. The first-order valence-electron chi connectivity index (χ1n) is 7.14. The van der Waals surface area contributed by atoms with Gasteiger partial charge in [-0.05, 0) is 36.8 Å². The first-order chi connectivity index (χ1) is 12.2. The van der Waals surface area contributed by atoms with E-state index in [4.69, 9.17) is 23.2 Å². The summed E-state index contributed by atoms with van der Waals surface area (Å²) >= 11 is 12.2. The molecule has 0 radical (unpaired) electrons. The van der Waals surface area contributed by atoms with Crippen LogP contribution >= 0.6 is 34.5 Å². The van der Waals surface area contributed by atoms with E-state index in [1.165, 1.54) is 18.2 Å². The van der Waals surface area contributed by atoms with Crippen LogP contribution in [0.3, 0.4) is 0 Å². The van der Waals surface area contributed by atoms with Gasteiger partial charge in [0.25, 0.3) is 15.9 Å². The first-order valence-corrected chi connectivity index (χ1v) is 10.2. The molecule has 26 heavy (non-hydrogen) atoms. The van der Waals surface area contributed by atoms with E-state index >= 15 is 0 Å². The lowest BCUT2D eigenvalue weighted by molar-refractivity contribution is -0.114. The van der Waals surface area contributed by atoms with E-state index in [0.717, 1.165) is 29.0 Å². The third-order valence-corrected chi connectivity index (χ3v) is 7.21. The number of sulfonamides is 1. The molecule has 0 saturated carbocycles. The van der Waals surface area contributed by atoms with Gasteiger partial charge >= 0.3 is 0 Å². The van der Waals surface area contributed by atoms with Gasteiger partial charge in [-0.1, -0.05) is 23.2 Å². The van der Waals surface area contributed by atoms with Gasteiger partial charge in [-0.3, -0.25) is 4.79 Å². The number of carbonyl (C=O) groups is 1. The first kappa shape index (κ1) is 18.9. The fourth-order valence-electron chi connectivity index (χ4n) is 2.33. The normalized spacial score (nSPS) is 12.2. The molecule has 0 aliphatic heterocycles. The summed E-state index contributed by atoms with van der Waals surface area (Å²) < 4.78 is 39.9. The Morgan fingerprint density at radius 2 is 2.04 bits per heavy atom. The van der Waals surface area contributed by atoms with Crippen LogP contribution in [-0.2, 0) is 14.8 Å². The van der Waals surface area contributed by atoms with Crippen LogP contribution < -0.4 is 4.72 Å². The van der Waals surface area contributed by atoms with Crippen LogP contribution in [0.2, 0.25) is 9.36 Å². The molecule has 0 aliphatic rings. The lowest BCUT2D eigenvalue weighted by Gasteiger charge is -2.02. The zero-order valence-corrected chi connectivity index (χ0v) is 16.3. The predicted molar refractivity (Wildman–Crippen MR) is 102 cm³/mol. The molecule has 0 fully saturated rings. The number of aromatic amines is 1. The molecule has 2 heterocycles. The van der Waals surface area contributed by atoms with Crippen molar-refractivity contribution in [1.82, 2.24) is 9.71 Å². The average Bonchev–Trinajstić information content (AvgIpc) is 3.09. The summed E-state index contributed by atoms with van der Waals surface area (Å²) in [6, 6.07) is 3.79. The molecule has 2 N–H and O–H groups in total. The number of thiophene rings is 1. The minimum Gasteiger partial charge on any atom is -0.360 e. The summed E-state index contributed by atoms with van der Waals surface area (Å²) in [5.74, 6) is -1.35.